The minimum Gasteiger partial charge on any atom is -0.374 e. The van der Waals surface area contributed by atoms with Gasteiger partial charge in [0.05, 0.1) is 12.2 Å². The fourth-order valence-corrected chi connectivity index (χ4v) is 4.96. The molecule has 0 aromatic rings. The number of hydrogen-bond acceptors (Lipinski definition) is 2. The largest absolute Gasteiger partial charge is 0.374 e. The highest BCUT2D eigenvalue weighted by atomic mass is 16.5. The van der Waals surface area contributed by atoms with Gasteiger partial charge in [0.15, 0.2) is 0 Å². The van der Waals surface area contributed by atoms with Crippen LogP contribution in [0.1, 0.15) is 84.0 Å². The smallest absolute Gasteiger partial charge is 0.0665 e. The maximum atomic E-state index is 6.61. The van der Waals surface area contributed by atoms with Crippen LogP contribution < -0.4 is 5.32 Å². The summed E-state index contributed by atoms with van der Waals surface area (Å²) in [6.07, 6.45) is 17.8. The Balaban J connectivity index is 1.63. The Bertz CT molecular complexity index is 290. The average Bonchev–Trinajstić information content (AvgIpc) is 2.75. The lowest BCUT2D eigenvalue weighted by molar-refractivity contribution is -0.174. The van der Waals surface area contributed by atoms with E-state index in [-0.39, 0.29) is 0 Å². The zero-order valence-electron chi connectivity index (χ0n) is 13.3. The fraction of sp³-hybridized carbons (Fsp3) is 1.00. The molecule has 0 heterocycles. The molecule has 0 aromatic heterocycles. The standard InChI is InChI=1S/C18H33NO/c1-2-19-16-14-17(20-15-10-6-5-7-11-15)18(16)12-8-3-4-9-13-18/h15-17,19H,2-14H2,1H3. The van der Waals surface area contributed by atoms with E-state index in [0.29, 0.717) is 17.6 Å². The number of hydrogen-bond donors (Lipinski definition) is 1. The summed E-state index contributed by atoms with van der Waals surface area (Å²) in [6.45, 7) is 3.36. The van der Waals surface area contributed by atoms with Gasteiger partial charge in [-0.3, -0.25) is 0 Å². The molecule has 3 saturated carbocycles. The van der Waals surface area contributed by atoms with Crippen LogP contribution in [0.5, 0.6) is 0 Å². The molecule has 2 heteroatoms. The summed E-state index contributed by atoms with van der Waals surface area (Å²) in [4.78, 5) is 0. The summed E-state index contributed by atoms with van der Waals surface area (Å²) in [6, 6.07) is 0.735. The van der Waals surface area contributed by atoms with Gasteiger partial charge in [-0.25, -0.2) is 0 Å². The van der Waals surface area contributed by atoms with Crippen LogP contribution >= 0.6 is 0 Å². The van der Waals surface area contributed by atoms with E-state index in [1.807, 2.05) is 0 Å². The molecule has 2 nitrogen and oxygen atoms in total. The Morgan fingerprint density at radius 1 is 0.950 bits per heavy atom. The van der Waals surface area contributed by atoms with E-state index in [1.54, 1.807) is 0 Å². The molecular weight excluding hydrogens is 246 g/mol. The zero-order chi connectivity index (χ0) is 13.8. The quantitative estimate of drug-likeness (QED) is 0.822. The van der Waals surface area contributed by atoms with Crippen LogP contribution in [0.25, 0.3) is 0 Å². The summed E-state index contributed by atoms with van der Waals surface area (Å²) in [5, 5.41) is 3.76. The zero-order valence-corrected chi connectivity index (χ0v) is 13.3. The van der Waals surface area contributed by atoms with E-state index < -0.39 is 0 Å². The first-order chi connectivity index (χ1) is 9.85. The second-order valence-corrected chi connectivity index (χ2v) is 7.38. The van der Waals surface area contributed by atoms with Crippen molar-refractivity contribution in [3.05, 3.63) is 0 Å². The van der Waals surface area contributed by atoms with Gasteiger partial charge in [-0.15, -0.1) is 0 Å². The minimum atomic E-state index is 0.490. The molecule has 3 fully saturated rings. The first kappa shape index (κ1) is 14.8. The van der Waals surface area contributed by atoms with E-state index in [1.165, 1.54) is 77.0 Å². The third kappa shape index (κ3) is 2.92. The topological polar surface area (TPSA) is 21.3 Å². The molecule has 0 aromatic carbocycles. The molecule has 0 aliphatic heterocycles. The van der Waals surface area contributed by atoms with Crippen molar-refractivity contribution in [3.8, 4) is 0 Å². The summed E-state index contributed by atoms with van der Waals surface area (Å²) in [5.41, 5.74) is 0.490. The summed E-state index contributed by atoms with van der Waals surface area (Å²) < 4.78 is 6.61. The average molecular weight is 279 g/mol. The maximum Gasteiger partial charge on any atom is 0.0665 e. The summed E-state index contributed by atoms with van der Waals surface area (Å²) in [5.74, 6) is 0. The van der Waals surface area contributed by atoms with Crippen LogP contribution in [0.4, 0.5) is 0 Å². The lowest BCUT2D eigenvalue weighted by Crippen LogP contribution is -2.64. The normalized spacial score (nSPS) is 34.6. The molecule has 116 valence electrons. The summed E-state index contributed by atoms with van der Waals surface area (Å²) in [7, 11) is 0. The van der Waals surface area contributed by atoms with Crippen molar-refractivity contribution in [2.24, 2.45) is 5.41 Å². The molecule has 1 N–H and O–H groups in total. The van der Waals surface area contributed by atoms with Gasteiger partial charge in [0.25, 0.3) is 0 Å². The van der Waals surface area contributed by atoms with Gasteiger partial charge in [0.1, 0.15) is 0 Å². The van der Waals surface area contributed by atoms with Gasteiger partial charge in [-0.05, 0) is 38.6 Å². The van der Waals surface area contributed by atoms with Crippen LogP contribution in [0.15, 0.2) is 0 Å². The predicted molar refractivity (Wildman–Crippen MR) is 84.0 cm³/mol. The first-order valence-corrected chi connectivity index (χ1v) is 9.24. The van der Waals surface area contributed by atoms with Gasteiger partial charge >= 0.3 is 0 Å². The van der Waals surface area contributed by atoms with E-state index in [0.717, 1.165) is 12.6 Å². The molecule has 2 atom stereocenters. The highest BCUT2D eigenvalue weighted by Gasteiger charge is 2.55. The van der Waals surface area contributed by atoms with Crippen molar-refractivity contribution in [2.45, 2.75) is 102 Å². The maximum absolute atomic E-state index is 6.61. The SMILES string of the molecule is CCNC1CC(OC2CCCCC2)C12CCCCCC2. The highest BCUT2D eigenvalue weighted by molar-refractivity contribution is 5.08. The Labute approximate surface area is 125 Å². The van der Waals surface area contributed by atoms with Gasteiger partial charge in [0.2, 0.25) is 0 Å². The second-order valence-electron chi connectivity index (χ2n) is 7.38. The van der Waals surface area contributed by atoms with Crippen LogP contribution in [0.2, 0.25) is 0 Å². The van der Waals surface area contributed by atoms with E-state index in [9.17, 15) is 0 Å². The second kappa shape index (κ2) is 6.79. The Morgan fingerprint density at radius 2 is 1.60 bits per heavy atom. The molecule has 0 amide bonds. The molecule has 2 unspecified atom stereocenters. The van der Waals surface area contributed by atoms with Gasteiger partial charge < -0.3 is 10.1 Å². The Morgan fingerprint density at radius 3 is 2.25 bits per heavy atom. The lowest BCUT2D eigenvalue weighted by Gasteiger charge is -2.57. The Hall–Kier alpha value is -0.0800. The van der Waals surface area contributed by atoms with E-state index in [2.05, 4.69) is 12.2 Å². The first-order valence-electron chi connectivity index (χ1n) is 9.24. The number of ether oxygens (including phenoxy) is 1. The van der Waals surface area contributed by atoms with Crippen molar-refractivity contribution >= 4 is 0 Å². The van der Waals surface area contributed by atoms with Crippen LogP contribution in [-0.4, -0.2) is 24.8 Å². The van der Waals surface area contributed by atoms with Crippen molar-refractivity contribution in [1.82, 2.24) is 5.32 Å². The van der Waals surface area contributed by atoms with Gasteiger partial charge in [-0.1, -0.05) is 51.9 Å². The van der Waals surface area contributed by atoms with Crippen molar-refractivity contribution < 1.29 is 4.74 Å². The number of rotatable bonds is 4. The van der Waals surface area contributed by atoms with E-state index in [4.69, 9.17) is 4.74 Å². The lowest BCUT2D eigenvalue weighted by atomic mass is 9.57. The molecule has 0 radical (unpaired) electrons. The third-order valence-corrected chi connectivity index (χ3v) is 6.18. The predicted octanol–water partition coefficient (Wildman–Crippen LogP) is 4.43. The molecule has 0 bridgehead atoms. The monoisotopic (exact) mass is 279 g/mol. The number of nitrogens with one attached hydrogen (secondary N) is 1. The Kier molecular flexibility index (Phi) is 5.04. The van der Waals surface area contributed by atoms with Crippen molar-refractivity contribution in [2.75, 3.05) is 6.54 Å². The van der Waals surface area contributed by atoms with Crippen LogP contribution in [-0.2, 0) is 4.74 Å². The molecular formula is C18H33NO. The molecule has 20 heavy (non-hydrogen) atoms. The van der Waals surface area contributed by atoms with Gasteiger partial charge in [0, 0.05) is 11.5 Å². The third-order valence-electron chi connectivity index (χ3n) is 6.18. The molecule has 3 aliphatic rings. The van der Waals surface area contributed by atoms with Crippen molar-refractivity contribution in [3.63, 3.8) is 0 Å². The highest BCUT2D eigenvalue weighted by Crippen LogP contribution is 2.53. The fourth-order valence-electron chi connectivity index (χ4n) is 4.96. The van der Waals surface area contributed by atoms with E-state index >= 15 is 0 Å². The summed E-state index contributed by atoms with van der Waals surface area (Å²) >= 11 is 0. The van der Waals surface area contributed by atoms with Crippen LogP contribution in [0, 0.1) is 5.41 Å². The molecule has 3 aliphatic carbocycles. The minimum absolute atomic E-state index is 0.490. The molecule has 0 saturated heterocycles. The van der Waals surface area contributed by atoms with Crippen molar-refractivity contribution in [1.29, 1.82) is 0 Å². The van der Waals surface area contributed by atoms with Crippen LogP contribution in [0.3, 0.4) is 0 Å². The molecule has 1 spiro atoms. The van der Waals surface area contributed by atoms with Gasteiger partial charge in [-0.2, -0.15) is 0 Å². The molecule has 3 rings (SSSR count).